The van der Waals surface area contributed by atoms with Gasteiger partial charge in [0, 0.05) is 11.2 Å². The number of hydrogen-bond acceptors (Lipinski definition) is 2. The maximum Gasteiger partial charge on any atom is 0.306 e. The highest BCUT2D eigenvalue weighted by molar-refractivity contribution is 9.09. The summed E-state index contributed by atoms with van der Waals surface area (Å²) in [6.07, 6.45) is 0.688. The summed E-state index contributed by atoms with van der Waals surface area (Å²) < 4.78 is 4.94. The molecule has 0 amide bonds. The summed E-state index contributed by atoms with van der Waals surface area (Å²) in [5.41, 5.74) is 0. The molecule has 0 aromatic heterocycles. The first-order chi connectivity index (χ1) is 4.24. The van der Waals surface area contributed by atoms with Gasteiger partial charge in [-0.25, -0.2) is 0 Å². The highest BCUT2D eigenvalue weighted by Crippen LogP contribution is 2.22. The van der Waals surface area contributed by atoms with Gasteiger partial charge in [-0.15, -0.1) is 0 Å². The first-order valence-electron chi connectivity index (χ1n) is 2.99. The van der Waals surface area contributed by atoms with E-state index < -0.39 is 0 Å². The van der Waals surface area contributed by atoms with Crippen molar-refractivity contribution in [2.45, 2.75) is 19.4 Å². The van der Waals surface area contributed by atoms with Crippen molar-refractivity contribution >= 4 is 21.9 Å². The maximum absolute atomic E-state index is 10.6. The largest absolute Gasteiger partial charge is 0.461 e. The molecular weight excluding hydrogens is 184 g/mol. The van der Waals surface area contributed by atoms with Gasteiger partial charge in [0.25, 0.3) is 0 Å². The van der Waals surface area contributed by atoms with Crippen LogP contribution >= 0.6 is 15.9 Å². The minimum Gasteiger partial charge on any atom is -0.461 e. The Morgan fingerprint density at radius 2 is 2.56 bits per heavy atom. The topological polar surface area (TPSA) is 26.3 Å². The Morgan fingerprint density at radius 3 is 2.78 bits per heavy atom. The van der Waals surface area contributed by atoms with Crippen LogP contribution in [-0.2, 0) is 9.53 Å². The molecule has 2 unspecified atom stereocenters. The predicted octanol–water partition coefficient (Wildman–Crippen LogP) is 1.33. The van der Waals surface area contributed by atoms with Crippen LogP contribution < -0.4 is 0 Å². The van der Waals surface area contributed by atoms with Crippen molar-refractivity contribution in [2.24, 2.45) is 5.92 Å². The molecule has 1 aliphatic heterocycles. The molecule has 1 fully saturated rings. The van der Waals surface area contributed by atoms with Gasteiger partial charge in [0.1, 0.15) is 6.10 Å². The van der Waals surface area contributed by atoms with Crippen LogP contribution in [0.3, 0.4) is 0 Å². The van der Waals surface area contributed by atoms with E-state index in [2.05, 4.69) is 15.9 Å². The lowest BCUT2D eigenvalue weighted by molar-refractivity contribution is -0.140. The average Bonchev–Trinajstić information content (AvgIpc) is 2.10. The van der Waals surface area contributed by atoms with Crippen LogP contribution in [0.15, 0.2) is 0 Å². The van der Waals surface area contributed by atoms with E-state index in [1.165, 1.54) is 0 Å². The van der Waals surface area contributed by atoms with Crippen LogP contribution in [0.5, 0.6) is 0 Å². The van der Waals surface area contributed by atoms with Crippen molar-refractivity contribution in [3.05, 3.63) is 0 Å². The number of ether oxygens (including phenoxy) is 1. The van der Waals surface area contributed by atoms with E-state index in [0.29, 0.717) is 12.3 Å². The van der Waals surface area contributed by atoms with E-state index >= 15 is 0 Å². The van der Waals surface area contributed by atoms with Crippen molar-refractivity contribution in [3.8, 4) is 0 Å². The van der Waals surface area contributed by atoms with Crippen LogP contribution in [-0.4, -0.2) is 17.4 Å². The summed E-state index contributed by atoms with van der Waals surface area (Å²) in [5, 5.41) is 0.764. The molecule has 1 heterocycles. The highest BCUT2D eigenvalue weighted by Gasteiger charge is 2.29. The van der Waals surface area contributed by atoms with Gasteiger partial charge >= 0.3 is 5.97 Å². The number of carbonyl (C=O) groups excluding carboxylic acids is 1. The monoisotopic (exact) mass is 192 g/mol. The fourth-order valence-corrected chi connectivity index (χ4v) is 1.68. The molecule has 1 rings (SSSR count). The molecule has 0 aromatic rings. The molecule has 9 heavy (non-hydrogen) atoms. The summed E-state index contributed by atoms with van der Waals surface area (Å²) in [6, 6.07) is 0. The van der Waals surface area contributed by atoms with Crippen LogP contribution in [0.25, 0.3) is 0 Å². The van der Waals surface area contributed by atoms with Gasteiger partial charge in [0.05, 0.1) is 6.42 Å². The molecular formula is C6H9BrO2. The molecule has 0 spiro atoms. The summed E-state index contributed by atoms with van der Waals surface area (Å²) in [4.78, 5) is 10.6. The van der Waals surface area contributed by atoms with Gasteiger partial charge in [0.15, 0.2) is 0 Å². The molecule has 0 N–H and O–H groups in total. The van der Waals surface area contributed by atoms with Crippen molar-refractivity contribution in [3.63, 3.8) is 0 Å². The molecule has 0 aromatic carbocycles. The number of halogens is 1. The van der Waals surface area contributed by atoms with Crippen LogP contribution in [0.4, 0.5) is 0 Å². The van der Waals surface area contributed by atoms with Crippen molar-refractivity contribution < 1.29 is 9.53 Å². The Bertz CT molecular complexity index is 124. The molecule has 1 saturated heterocycles. The smallest absolute Gasteiger partial charge is 0.306 e. The first kappa shape index (κ1) is 7.06. The second-order valence-corrected chi connectivity index (χ2v) is 3.01. The van der Waals surface area contributed by atoms with Gasteiger partial charge in [-0.1, -0.05) is 22.9 Å². The molecule has 2 atom stereocenters. The van der Waals surface area contributed by atoms with E-state index in [4.69, 9.17) is 4.74 Å². The molecule has 52 valence electrons. The molecule has 3 heteroatoms. The number of hydrogen-bond donors (Lipinski definition) is 0. The van der Waals surface area contributed by atoms with Gasteiger partial charge in [-0.3, -0.25) is 4.79 Å². The Labute approximate surface area is 62.7 Å². The zero-order chi connectivity index (χ0) is 6.85. The summed E-state index contributed by atoms with van der Waals surface area (Å²) in [5.74, 6) is 0.323. The Morgan fingerprint density at radius 1 is 1.89 bits per heavy atom. The first-order valence-corrected chi connectivity index (χ1v) is 4.11. The Balaban J connectivity index is 2.47. The van der Waals surface area contributed by atoms with E-state index in [9.17, 15) is 4.79 Å². The number of alkyl halides is 1. The Kier molecular flexibility index (Phi) is 2.11. The van der Waals surface area contributed by atoms with Crippen molar-refractivity contribution in [2.75, 3.05) is 5.33 Å². The SMILES string of the molecule is CC1CC(=O)OC1CBr. The van der Waals surface area contributed by atoms with Gasteiger partial charge in [-0.2, -0.15) is 0 Å². The lowest BCUT2D eigenvalue weighted by Gasteiger charge is -2.07. The zero-order valence-electron chi connectivity index (χ0n) is 5.26. The standard InChI is InChI=1S/C6H9BrO2/c1-4-2-6(8)9-5(4)3-7/h4-5H,2-3H2,1H3. The summed E-state index contributed by atoms with van der Waals surface area (Å²) >= 11 is 3.27. The van der Waals surface area contributed by atoms with E-state index in [1.807, 2.05) is 6.92 Å². The fraction of sp³-hybridized carbons (Fsp3) is 0.833. The average molecular weight is 193 g/mol. The minimum atomic E-state index is -0.0630. The van der Waals surface area contributed by atoms with Crippen molar-refractivity contribution in [1.82, 2.24) is 0 Å². The summed E-state index contributed by atoms with van der Waals surface area (Å²) in [7, 11) is 0. The minimum absolute atomic E-state index is 0.0630. The second-order valence-electron chi connectivity index (χ2n) is 2.36. The van der Waals surface area contributed by atoms with Gasteiger partial charge < -0.3 is 4.74 Å². The quantitative estimate of drug-likeness (QED) is 0.463. The number of cyclic esters (lactones) is 1. The zero-order valence-corrected chi connectivity index (χ0v) is 6.85. The lowest BCUT2D eigenvalue weighted by Crippen LogP contribution is -2.14. The predicted molar refractivity (Wildman–Crippen MR) is 37.5 cm³/mol. The fourth-order valence-electron chi connectivity index (χ4n) is 0.911. The summed E-state index contributed by atoms with van der Waals surface area (Å²) in [6.45, 7) is 2.02. The third-order valence-electron chi connectivity index (χ3n) is 1.56. The highest BCUT2D eigenvalue weighted by atomic mass is 79.9. The van der Waals surface area contributed by atoms with E-state index in [-0.39, 0.29) is 12.1 Å². The van der Waals surface area contributed by atoms with E-state index in [1.54, 1.807) is 0 Å². The number of esters is 1. The number of carbonyl (C=O) groups is 1. The third-order valence-corrected chi connectivity index (χ3v) is 2.20. The second kappa shape index (κ2) is 2.69. The van der Waals surface area contributed by atoms with Crippen LogP contribution in [0, 0.1) is 5.92 Å². The molecule has 0 saturated carbocycles. The van der Waals surface area contributed by atoms with Crippen LogP contribution in [0.1, 0.15) is 13.3 Å². The van der Waals surface area contributed by atoms with Crippen LogP contribution in [0.2, 0.25) is 0 Å². The molecule has 0 bridgehead atoms. The van der Waals surface area contributed by atoms with E-state index in [0.717, 1.165) is 5.33 Å². The maximum atomic E-state index is 10.6. The van der Waals surface area contributed by atoms with Crippen molar-refractivity contribution in [1.29, 1.82) is 0 Å². The Hall–Kier alpha value is -0.0500. The lowest BCUT2D eigenvalue weighted by atomic mass is 10.1. The molecule has 0 aliphatic carbocycles. The number of rotatable bonds is 1. The normalized spacial score (nSPS) is 34.7. The van der Waals surface area contributed by atoms with Gasteiger partial charge in [0.2, 0.25) is 0 Å². The van der Waals surface area contributed by atoms with Gasteiger partial charge in [-0.05, 0) is 0 Å². The molecule has 1 aliphatic rings. The molecule has 2 nitrogen and oxygen atoms in total. The molecule has 0 radical (unpaired) electrons. The third kappa shape index (κ3) is 1.45.